The van der Waals surface area contributed by atoms with Crippen molar-refractivity contribution in [1.82, 2.24) is 19.7 Å². The molecule has 0 spiro atoms. The van der Waals surface area contributed by atoms with Crippen LogP contribution in [0.4, 0.5) is 0 Å². The Bertz CT molecular complexity index is 558. The topological polar surface area (TPSA) is 53.9 Å². The molecule has 1 saturated heterocycles. The lowest BCUT2D eigenvalue weighted by Crippen LogP contribution is -2.39. The number of amides is 1. The number of hydrogen-bond acceptors (Lipinski definition) is 2. The van der Waals surface area contributed by atoms with Crippen molar-refractivity contribution in [1.29, 1.82) is 0 Å². The summed E-state index contributed by atoms with van der Waals surface area (Å²) in [5.74, 6) is 0.154. The van der Waals surface area contributed by atoms with Crippen molar-refractivity contribution in [2.24, 2.45) is 0 Å². The van der Waals surface area contributed by atoms with Crippen LogP contribution in [0, 0.1) is 0 Å². The maximum absolute atomic E-state index is 11.5. The Morgan fingerprint density at radius 1 is 1.53 bits per heavy atom. The molecule has 0 unspecified atom stereocenters. The highest BCUT2D eigenvalue weighted by Gasteiger charge is 2.23. The highest BCUT2D eigenvalue weighted by atomic mass is 16.2. The minimum atomic E-state index is 0.154. The van der Waals surface area contributed by atoms with Crippen LogP contribution in [-0.4, -0.2) is 38.7 Å². The molecule has 0 saturated carbocycles. The van der Waals surface area contributed by atoms with Gasteiger partial charge < -0.3 is 9.88 Å². The van der Waals surface area contributed by atoms with E-state index in [0.717, 1.165) is 37.2 Å². The van der Waals surface area contributed by atoms with E-state index >= 15 is 0 Å². The Morgan fingerprint density at radius 2 is 2.42 bits per heavy atom. The molecule has 19 heavy (non-hydrogen) atoms. The van der Waals surface area contributed by atoms with Crippen LogP contribution in [0.25, 0.3) is 11.3 Å². The Kier molecular flexibility index (Phi) is 3.11. The minimum Gasteiger partial charge on any atom is -0.361 e. The third-order valence-corrected chi connectivity index (χ3v) is 3.73. The second-order valence-corrected chi connectivity index (χ2v) is 5.05. The van der Waals surface area contributed by atoms with Gasteiger partial charge in [0.2, 0.25) is 5.91 Å². The number of hydrogen-bond donors (Lipinski definition) is 1. The fourth-order valence-corrected chi connectivity index (χ4v) is 2.64. The number of nitrogens with one attached hydrogen (secondary N) is 1. The molecule has 2 aromatic heterocycles. The number of aromatic amines is 1. The molecule has 0 aromatic carbocycles. The average molecular weight is 258 g/mol. The van der Waals surface area contributed by atoms with E-state index in [1.165, 1.54) is 0 Å². The van der Waals surface area contributed by atoms with E-state index in [1.807, 2.05) is 34.1 Å². The van der Waals surface area contributed by atoms with Gasteiger partial charge in [-0.05, 0) is 25.0 Å². The largest absolute Gasteiger partial charge is 0.361 e. The maximum Gasteiger partial charge on any atom is 0.219 e. The highest BCUT2D eigenvalue weighted by molar-refractivity contribution is 5.73. The van der Waals surface area contributed by atoms with Gasteiger partial charge in [0.1, 0.15) is 0 Å². The molecule has 5 heteroatoms. The van der Waals surface area contributed by atoms with E-state index < -0.39 is 0 Å². The van der Waals surface area contributed by atoms with E-state index in [-0.39, 0.29) is 5.91 Å². The predicted octanol–water partition coefficient (Wildman–Crippen LogP) is 2.06. The predicted molar refractivity (Wildman–Crippen MR) is 72.5 cm³/mol. The van der Waals surface area contributed by atoms with Gasteiger partial charge >= 0.3 is 0 Å². The molecule has 2 aromatic rings. The Balaban J connectivity index is 1.77. The van der Waals surface area contributed by atoms with Crippen LogP contribution in [0.1, 0.15) is 25.8 Å². The van der Waals surface area contributed by atoms with Crippen molar-refractivity contribution in [2.45, 2.75) is 25.8 Å². The van der Waals surface area contributed by atoms with E-state index in [2.05, 4.69) is 16.3 Å². The van der Waals surface area contributed by atoms with Crippen LogP contribution in [0.15, 0.2) is 30.7 Å². The molecular weight excluding hydrogens is 240 g/mol. The zero-order valence-corrected chi connectivity index (χ0v) is 11.0. The minimum absolute atomic E-state index is 0.154. The molecule has 100 valence electrons. The van der Waals surface area contributed by atoms with E-state index in [0.29, 0.717) is 6.04 Å². The Labute approximate surface area is 112 Å². The van der Waals surface area contributed by atoms with Crippen molar-refractivity contribution in [3.05, 3.63) is 30.7 Å². The normalized spacial score (nSPS) is 19.6. The number of H-pyrrole nitrogens is 1. The Morgan fingerprint density at radius 3 is 3.16 bits per heavy atom. The number of aromatic nitrogens is 3. The zero-order valence-electron chi connectivity index (χ0n) is 11.0. The first-order valence-corrected chi connectivity index (χ1v) is 6.67. The summed E-state index contributed by atoms with van der Waals surface area (Å²) in [6.45, 7) is 3.27. The summed E-state index contributed by atoms with van der Waals surface area (Å²) in [5, 5.41) is 4.45. The van der Waals surface area contributed by atoms with Crippen LogP contribution in [0.2, 0.25) is 0 Å². The first kappa shape index (κ1) is 12.0. The molecule has 0 radical (unpaired) electrons. The number of carbonyl (C=O) groups excluding carboxylic acids is 1. The molecule has 3 heterocycles. The third-order valence-electron chi connectivity index (χ3n) is 3.73. The lowest BCUT2D eigenvalue weighted by atomic mass is 10.1. The summed E-state index contributed by atoms with van der Waals surface area (Å²) in [4.78, 5) is 16.5. The van der Waals surface area contributed by atoms with Crippen molar-refractivity contribution in [3.8, 4) is 11.3 Å². The number of nitrogens with zero attached hydrogens (tertiary/aromatic N) is 3. The van der Waals surface area contributed by atoms with Gasteiger partial charge in [-0.2, -0.15) is 5.10 Å². The molecule has 1 aliphatic rings. The number of likely N-dealkylation sites (tertiary alicyclic amines) is 1. The Hall–Kier alpha value is -2.04. The maximum atomic E-state index is 11.5. The van der Waals surface area contributed by atoms with Gasteiger partial charge in [0, 0.05) is 43.7 Å². The molecule has 3 rings (SSSR count). The quantitative estimate of drug-likeness (QED) is 0.896. The first-order valence-electron chi connectivity index (χ1n) is 6.67. The van der Waals surface area contributed by atoms with Gasteiger partial charge in [-0.25, -0.2) is 0 Å². The standard InChI is InChI=1S/C14H18N4O/c1-11(19)17-7-3-4-13(10-17)18-9-12(8-16-18)14-5-2-6-15-14/h2,5-6,8-9,13,15H,3-4,7,10H2,1H3/t13-/m1/s1. The zero-order chi connectivity index (χ0) is 13.2. The lowest BCUT2D eigenvalue weighted by Gasteiger charge is -2.32. The second kappa shape index (κ2) is 4.91. The van der Waals surface area contributed by atoms with E-state index in [1.54, 1.807) is 6.92 Å². The average Bonchev–Trinajstić information content (AvgIpc) is 3.09. The molecule has 5 nitrogen and oxygen atoms in total. The van der Waals surface area contributed by atoms with Gasteiger partial charge in [-0.15, -0.1) is 0 Å². The number of rotatable bonds is 2. The molecule has 1 amide bonds. The summed E-state index contributed by atoms with van der Waals surface area (Å²) in [5.41, 5.74) is 2.16. The summed E-state index contributed by atoms with van der Waals surface area (Å²) in [6, 6.07) is 4.30. The van der Waals surface area contributed by atoms with Crippen molar-refractivity contribution < 1.29 is 4.79 Å². The van der Waals surface area contributed by atoms with Gasteiger partial charge in [0.05, 0.1) is 12.2 Å². The van der Waals surface area contributed by atoms with Crippen LogP contribution in [0.5, 0.6) is 0 Å². The molecule has 0 bridgehead atoms. The van der Waals surface area contributed by atoms with Crippen LogP contribution in [0.3, 0.4) is 0 Å². The molecule has 1 N–H and O–H groups in total. The number of piperidine rings is 1. The summed E-state index contributed by atoms with van der Waals surface area (Å²) in [7, 11) is 0. The van der Waals surface area contributed by atoms with Gasteiger partial charge in [-0.1, -0.05) is 0 Å². The third kappa shape index (κ3) is 2.41. The smallest absolute Gasteiger partial charge is 0.219 e. The monoisotopic (exact) mass is 258 g/mol. The SMILES string of the molecule is CC(=O)N1CCC[C@@H](n2cc(-c3ccc[nH]3)cn2)C1. The molecule has 1 atom stereocenters. The number of carbonyl (C=O) groups is 1. The van der Waals surface area contributed by atoms with Crippen LogP contribution >= 0.6 is 0 Å². The van der Waals surface area contributed by atoms with E-state index in [9.17, 15) is 4.79 Å². The molecule has 1 aliphatic heterocycles. The fourth-order valence-electron chi connectivity index (χ4n) is 2.64. The molecule has 0 aliphatic carbocycles. The van der Waals surface area contributed by atoms with Gasteiger partial charge in [-0.3, -0.25) is 9.48 Å². The van der Waals surface area contributed by atoms with Crippen LogP contribution < -0.4 is 0 Å². The van der Waals surface area contributed by atoms with Gasteiger partial charge in [0.15, 0.2) is 0 Å². The van der Waals surface area contributed by atoms with Crippen molar-refractivity contribution in [3.63, 3.8) is 0 Å². The molecule has 1 fully saturated rings. The van der Waals surface area contributed by atoms with Gasteiger partial charge in [0.25, 0.3) is 0 Å². The van der Waals surface area contributed by atoms with Crippen LogP contribution in [-0.2, 0) is 4.79 Å². The van der Waals surface area contributed by atoms with E-state index in [4.69, 9.17) is 0 Å². The lowest BCUT2D eigenvalue weighted by molar-refractivity contribution is -0.130. The summed E-state index contributed by atoms with van der Waals surface area (Å²) in [6.07, 6.45) is 7.96. The van der Waals surface area contributed by atoms with Crippen molar-refractivity contribution in [2.75, 3.05) is 13.1 Å². The fraction of sp³-hybridized carbons (Fsp3) is 0.429. The second-order valence-electron chi connectivity index (χ2n) is 5.05. The van der Waals surface area contributed by atoms with Crippen molar-refractivity contribution >= 4 is 5.91 Å². The molecular formula is C14H18N4O. The summed E-state index contributed by atoms with van der Waals surface area (Å²) >= 11 is 0. The summed E-state index contributed by atoms with van der Waals surface area (Å²) < 4.78 is 1.99. The highest BCUT2D eigenvalue weighted by Crippen LogP contribution is 2.23. The first-order chi connectivity index (χ1) is 9.24.